The Labute approximate surface area is 158 Å². The lowest BCUT2D eigenvalue weighted by molar-refractivity contribution is 1.05. The Bertz CT molecular complexity index is 778. The first-order valence-corrected chi connectivity index (χ1v) is 8.66. The van der Waals surface area contributed by atoms with Gasteiger partial charge in [-0.3, -0.25) is 4.99 Å². The van der Waals surface area contributed by atoms with Crippen molar-refractivity contribution in [2.75, 3.05) is 0 Å². The zero-order valence-corrected chi connectivity index (χ0v) is 16.0. The Kier molecular flexibility index (Phi) is 4.82. The third kappa shape index (κ3) is 2.83. The van der Waals surface area contributed by atoms with Crippen LogP contribution in [0.3, 0.4) is 0 Å². The molecule has 2 aliphatic rings. The molecule has 0 N–H and O–H groups in total. The second-order valence-electron chi connectivity index (χ2n) is 5.16. The molecule has 1 aliphatic carbocycles. The molecule has 2 unspecified atom stereocenters. The smallest absolute Gasteiger partial charge is 0.123 e. The van der Waals surface area contributed by atoms with Gasteiger partial charge in [-0.05, 0) is 36.2 Å². The highest BCUT2D eigenvalue weighted by atomic mass is 79.9. The molecule has 6 heteroatoms. The summed E-state index contributed by atoms with van der Waals surface area (Å²) in [7, 11) is 0. The highest BCUT2D eigenvalue weighted by Crippen LogP contribution is 2.48. The lowest BCUT2D eigenvalue weighted by Crippen LogP contribution is -2.06. The Morgan fingerprint density at radius 3 is 2.50 bits per heavy atom. The average molecular weight is 436 g/mol. The molecule has 2 aromatic carbocycles. The first-order chi connectivity index (χ1) is 10.1. The van der Waals surface area contributed by atoms with Gasteiger partial charge in [0, 0.05) is 26.2 Å². The fraction of sp³-hybridized carbons (Fsp3) is 0.188. The minimum absolute atomic E-state index is 0. The van der Waals surface area contributed by atoms with Crippen LogP contribution in [0.15, 0.2) is 41.4 Å². The second-order valence-corrected chi connectivity index (χ2v) is 7.73. The highest BCUT2D eigenvalue weighted by molar-refractivity contribution is 8.93. The van der Waals surface area contributed by atoms with E-state index in [1.165, 1.54) is 16.8 Å². The minimum atomic E-state index is 0. The molecule has 0 radical (unpaired) electrons. The molecule has 2 atom stereocenters. The maximum absolute atomic E-state index is 6.30. The third-order valence-corrected chi connectivity index (χ3v) is 5.96. The number of nitrogens with zero attached hydrogens (tertiary/aromatic N) is 1. The van der Waals surface area contributed by atoms with Crippen LogP contribution < -0.4 is 0 Å². The molecule has 0 aromatic heterocycles. The maximum Gasteiger partial charge on any atom is 0.123 e. The molecule has 0 saturated carbocycles. The predicted octanol–water partition coefficient (Wildman–Crippen LogP) is 6.38. The van der Waals surface area contributed by atoms with Crippen molar-refractivity contribution in [2.24, 2.45) is 4.99 Å². The van der Waals surface area contributed by atoms with Crippen LogP contribution in [-0.4, -0.2) is 11.0 Å². The molecule has 4 rings (SSSR count). The molecule has 0 spiro atoms. The van der Waals surface area contributed by atoms with Crippen LogP contribution >= 0.6 is 63.5 Å². The SMILES string of the molecule is Br.Clc1ccc(C2N=C3c4ccc(Cl)cc4CC3S2)c(Cl)c1. The van der Waals surface area contributed by atoms with Gasteiger partial charge in [0.1, 0.15) is 5.37 Å². The Morgan fingerprint density at radius 1 is 1.00 bits per heavy atom. The Balaban J connectivity index is 0.00000144. The standard InChI is InChI=1S/C16H10Cl3NS.BrH/c17-9-1-3-11-8(5-9)6-14-15(11)20-16(21-14)12-4-2-10(18)7-13(12)19;/h1-5,7,14,16H,6H2;1H. The maximum atomic E-state index is 6.30. The number of hydrogen-bond acceptors (Lipinski definition) is 2. The summed E-state index contributed by atoms with van der Waals surface area (Å²) in [4.78, 5) is 4.89. The average Bonchev–Trinajstić information content (AvgIpc) is 2.95. The van der Waals surface area contributed by atoms with E-state index in [2.05, 4.69) is 6.07 Å². The molecule has 1 heterocycles. The zero-order valence-electron chi connectivity index (χ0n) is 11.2. The summed E-state index contributed by atoms with van der Waals surface area (Å²) in [5, 5.41) is 2.57. The summed E-state index contributed by atoms with van der Waals surface area (Å²) >= 11 is 20.2. The third-order valence-electron chi connectivity index (χ3n) is 3.83. The van der Waals surface area contributed by atoms with Gasteiger partial charge in [-0.1, -0.05) is 46.9 Å². The van der Waals surface area contributed by atoms with Crippen molar-refractivity contribution in [1.29, 1.82) is 0 Å². The molecule has 2 aromatic rings. The van der Waals surface area contributed by atoms with Crippen molar-refractivity contribution in [2.45, 2.75) is 17.0 Å². The molecule has 0 saturated heterocycles. The fourth-order valence-electron chi connectivity index (χ4n) is 2.87. The molecule has 1 nitrogen and oxygen atoms in total. The number of hydrogen-bond donors (Lipinski definition) is 0. The number of aliphatic imine (C=N–C) groups is 1. The van der Waals surface area contributed by atoms with Gasteiger partial charge >= 0.3 is 0 Å². The molecule has 1 aliphatic heterocycles. The number of halogens is 4. The first kappa shape index (κ1) is 16.7. The van der Waals surface area contributed by atoms with Crippen molar-refractivity contribution < 1.29 is 0 Å². The quantitative estimate of drug-likeness (QED) is 0.506. The molecule has 0 amide bonds. The van der Waals surface area contributed by atoms with Crippen molar-refractivity contribution in [3.8, 4) is 0 Å². The van der Waals surface area contributed by atoms with Gasteiger partial charge in [0.2, 0.25) is 0 Å². The van der Waals surface area contributed by atoms with E-state index in [0.29, 0.717) is 15.3 Å². The molecule has 22 heavy (non-hydrogen) atoms. The van der Waals surface area contributed by atoms with Crippen molar-refractivity contribution >= 4 is 69.3 Å². The van der Waals surface area contributed by atoms with Crippen LogP contribution in [0.5, 0.6) is 0 Å². The van der Waals surface area contributed by atoms with Crippen LogP contribution in [-0.2, 0) is 6.42 Å². The van der Waals surface area contributed by atoms with E-state index in [0.717, 1.165) is 17.0 Å². The van der Waals surface area contributed by atoms with Gasteiger partial charge in [0.25, 0.3) is 0 Å². The highest BCUT2D eigenvalue weighted by Gasteiger charge is 2.37. The number of fused-ring (bicyclic) bond motifs is 3. The first-order valence-electron chi connectivity index (χ1n) is 6.59. The molecule has 0 fully saturated rings. The van der Waals surface area contributed by atoms with Crippen LogP contribution in [0.2, 0.25) is 15.1 Å². The van der Waals surface area contributed by atoms with Crippen LogP contribution in [0, 0.1) is 0 Å². The minimum Gasteiger partial charge on any atom is -0.269 e. The number of thioether (sulfide) groups is 1. The fourth-order valence-corrected chi connectivity index (χ4v) is 5.07. The summed E-state index contributed by atoms with van der Waals surface area (Å²) in [5.41, 5.74) is 4.72. The summed E-state index contributed by atoms with van der Waals surface area (Å²) in [6.45, 7) is 0. The van der Waals surface area contributed by atoms with Gasteiger partial charge in [-0.15, -0.1) is 28.7 Å². The van der Waals surface area contributed by atoms with Gasteiger partial charge in [-0.25, -0.2) is 0 Å². The molecular formula is C16H11BrCl3NS. The molecule has 0 bridgehead atoms. The molecule has 114 valence electrons. The number of rotatable bonds is 1. The van der Waals surface area contributed by atoms with E-state index < -0.39 is 0 Å². The van der Waals surface area contributed by atoms with Gasteiger partial charge in [0.15, 0.2) is 0 Å². The Hall–Kier alpha value is -0.190. The number of benzene rings is 2. The van der Waals surface area contributed by atoms with E-state index in [9.17, 15) is 0 Å². The summed E-state index contributed by atoms with van der Waals surface area (Å²) in [5.74, 6) is 0. The van der Waals surface area contributed by atoms with E-state index in [-0.39, 0.29) is 22.4 Å². The topological polar surface area (TPSA) is 12.4 Å². The predicted molar refractivity (Wildman–Crippen MR) is 103 cm³/mol. The monoisotopic (exact) mass is 433 g/mol. The largest absolute Gasteiger partial charge is 0.269 e. The van der Waals surface area contributed by atoms with Gasteiger partial charge in [-0.2, -0.15) is 0 Å². The summed E-state index contributed by atoms with van der Waals surface area (Å²) in [6, 6.07) is 11.7. The van der Waals surface area contributed by atoms with Crippen molar-refractivity contribution in [3.63, 3.8) is 0 Å². The Morgan fingerprint density at radius 2 is 1.73 bits per heavy atom. The van der Waals surface area contributed by atoms with Crippen LogP contribution in [0.4, 0.5) is 0 Å². The van der Waals surface area contributed by atoms with E-state index in [4.69, 9.17) is 39.8 Å². The summed E-state index contributed by atoms with van der Waals surface area (Å²) in [6.07, 6.45) is 0.987. The van der Waals surface area contributed by atoms with Crippen molar-refractivity contribution in [3.05, 3.63) is 68.2 Å². The van der Waals surface area contributed by atoms with Crippen LogP contribution in [0.25, 0.3) is 0 Å². The lowest BCUT2D eigenvalue weighted by atomic mass is 10.1. The van der Waals surface area contributed by atoms with E-state index >= 15 is 0 Å². The van der Waals surface area contributed by atoms with E-state index in [1.54, 1.807) is 6.07 Å². The van der Waals surface area contributed by atoms with E-state index in [1.807, 2.05) is 36.0 Å². The molecular weight excluding hydrogens is 425 g/mol. The lowest BCUT2D eigenvalue weighted by Gasteiger charge is -2.11. The normalized spacial score (nSPS) is 21.9. The summed E-state index contributed by atoms with van der Waals surface area (Å²) < 4.78 is 0. The zero-order chi connectivity index (χ0) is 14.6. The van der Waals surface area contributed by atoms with Gasteiger partial charge in [0.05, 0.1) is 11.0 Å². The van der Waals surface area contributed by atoms with Gasteiger partial charge < -0.3 is 0 Å². The van der Waals surface area contributed by atoms with Crippen molar-refractivity contribution in [1.82, 2.24) is 0 Å². The van der Waals surface area contributed by atoms with Crippen LogP contribution in [0.1, 0.15) is 22.1 Å². The second kappa shape index (κ2) is 6.37.